The van der Waals surface area contributed by atoms with E-state index in [0.29, 0.717) is 10.4 Å². The second-order valence-electron chi connectivity index (χ2n) is 4.09. The number of hydrogen-bond donors (Lipinski definition) is 0. The highest BCUT2D eigenvalue weighted by atomic mass is 79.9. The van der Waals surface area contributed by atoms with Crippen LogP contribution in [0.5, 0.6) is 0 Å². The first-order chi connectivity index (χ1) is 8.76. The van der Waals surface area contributed by atoms with Crippen LogP contribution in [0, 0.1) is 5.92 Å². The topological polar surface area (TPSA) is 80.2 Å². The van der Waals surface area contributed by atoms with Crippen LogP contribution in [-0.4, -0.2) is 36.6 Å². The summed E-state index contributed by atoms with van der Waals surface area (Å²) in [5.41, 5.74) is 0. The number of halogens is 3. The number of rotatable bonds is 3. The molecule has 1 aromatic heterocycles. The molecule has 0 spiro atoms. The Kier molecular flexibility index (Phi) is 4.34. The third-order valence-corrected chi connectivity index (χ3v) is 4.91. The van der Waals surface area contributed by atoms with Crippen molar-refractivity contribution in [3.8, 4) is 0 Å². The molecule has 1 aliphatic rings. The average molecular weight is 389 g/mol. The van der Waals surface area contributed by atoms with Crippen molar-refractivity contribution in [2.45, 2.75) is 6.42 Å². The summed E-state index contributed by atoms with van der Waals surface area (Å²) in [6, 6.07) is 0. The largest absolute Gasteiger partial charge is 0.295 e. The van der Waals surface area contributed by atoms with E-state index in [1.165, 1.54) is 11.1 Å². The molecule has 1 saturated heterocycles. The van der Waals surface area contributed by atoms with Crippen molar-refractivity contribution in [2.75, 3.05) is 17.2 Å². The molecule has 0 aliphatic carbocycles. The lowest BCUT2D eigenvalue weighted by Gasteiger charge is -2.15. The third-order valence-electron chi connectivity index (χ3n) is 2.59. The number of nitrogens with zero attached hydrogens (tertiary/aromatic N) is 3. The number of anilines is 1. The molecule has 1 aliphatic heterocycles. The fraction of sp³-hybridized carbons (Fsp3) is 0.444. The van der Waals surface area contributed by atoms with E-state index in [1.54, 1.807) is 0 Å². The second kappa shape index (κ2) is 5.51. The van der Waals surface area contributed by atoms with Crippen LogP contribution in [-0.2, 0) is 13.8 Å². The average Bonchev–Trinajstić information content (AvgIpc) is 2.61. The summed E-state index contributed by atoms with van der Waals surface area (Å²) < 4.78 is 22.4. The molecular formula is C9H8BrCl2N3O3S. The Labute approximate surface area is 127 Å². The van der Waals surface area contributed by atoms with E-state index in [4.69, 9.17) is 22.3 Å². The van der Waals surface area contributed by atoms with Gasteiger partial charge in [0.1, 0.15) is 4.60 Å². The fourth-order valence-electron chi connectivity index (χ4n) is 1.87. The molecule has 1 fully saturated rings. The predicted octanol–water partition coefficient (Wildman–Crippen LogP) is 1.81. The van der Waals surface area contributed by atoms with Crippen molar-refractivity contribution in [3.63, 3.8) is 0 Å². The summed E-state index contributed by atoms with van der Waals surface area (Å²) in [7, 11) is 1.56. The van der Waals surface area contributed by atoms with Crippen molar-refractivity contribution in [1.29, 1.82) is 0 Å². The molecule has 0 bridgehead atoms. The third kappa shape index (κ3) is 3.77. The molecule has 2 rings (SSSR count). The van der Waals surface area contributed by atoms with E-state index in [1.807, 2.05) is 0 Å². The maximum Gasteiger partial charge on any atom is 0.232 e. The number of carbonyl (C=O) groups is 1. The van der Waals surface area contributed by atoms with Crippen molar-refractivity contribution < 1.29 is 13.2 Å². The van der Waals surface area contributed by atoms with Gasteiger partial charge in [-0.3, -0.25) is 9.69 Å². The Morgan fingerprint density at radius 2 is 2.21 bits per heavy atom. The molecule has 1 amide bonds. The van der Waals surface area contributed by atoms with Gasteiger partial charge in [-0.15, -0.1) is 0 Å². The highest BCUT2D eigenvalue weighted by Crippen LogP contribution is 2.27. The van der Waals surface area contributed by atoms with Crippen molar-refractivity contribution in [3.05, 3.63) is 16.0 Å². The SMILES string of the molecule is O=C1CC(CS(=O)(=O)Cl)CN1c1cnc(Br)c(Cl)n1. The molecule has 1 aromatic rings. The Morgan fingerprint density at radius 3 is 2.79 bits per heavy atom. The summed E-state index contributed by atoms with van der Waals surface area (Å²) in [5.74, 6) is -0.515. The Morgan fingerprint density at radius 1 is 1.53 bits per heavy atom. The van der Waals surface area contributed by atoms with Gasteiger partial charge in [0.05, 0.1) is 11.9 Å². The van der Waals surface area contributed by atoms with Crippen LogP contribution in [0.1, 0.15) is 6.42 Å². The van der Waals surface area contributed by atoms with E-state index < -0.39 is 9.05 Å². The molecular weight excluding hydrogens is 381 g/mol. The van der Waals surface area contributed by atoms with Gasteiger partial charge in [0, 0.05) is 29.6 Å². The highest BCUT2D eigenvalue weighted by molar-refractivity contribution is 9.10. The molecule has 0 N–H and O–H groups in total. The second-order valence-corrected chi connectivity index (χ2v) is 8.02. The van der Waals surface area contributed by atoms with Gasteiger partial charge in [-0.1, -0.05) is 11.6 Å². The van der Waals surface area contributed by atoms with Gasteiger partial charge in [-0.05, 0) is 15.9 Å². The van der Waals surface area contributed by atoms with Crippen molar-refractivity contribution in [2.24, 2.45) is 5.92 Å². The number of hydrogen-bond acceptors (Lipinski definition) is 5. The Balaban J connectivity index is 2.18. The number of carbonyl (C=O) groups excluding carboxylic acids is 1. The summed E-state index contributed by atoms with van der Waals surface area (Å²) in [4.78, 5) is 21.1. The first-order valence-electron chi connectivity index (χ1n) is 5.17. The van der Waals surface area contributed by atoms with Gasteiger partial charge in [-0.25, -0.2) is 18.4 Å². The van der Waals surface area contributed by atoms with Crippen molar-refractivity contribution in [1.82, 2.24) is 9.97 Å². The van der Waals surface area contributed by atoms with Crippen LogP contribution in [0.3, 0.4) is 0 Å². The lowest BCUT2D eigenvalue weighted by atomic mass is 10.1. The van der Waals surface area contributed by atoms with Gasteiger partial charge in [0.15, 0.2) is 11.0 Å². The maximum atomic E-state index is 11.8. The molecule has 1 atom stereocenters. The van der Waals surface area contributed by atoms with Gasteiger partial charge >= 0.3 is 0 Å². The molecule has 104 valence electrons. The first-order valence-corrected chi connectivity index (χ1v) is 8.82. The standard InChI is InChI=1S/C9H8BrCl2N3O3S/c10-8-9(11)14-6(2-13-8)15-3-5(1-7(15)16)4-19(12,17)18/h2,5H,1,3-4H2. The van der Waals surface area contributed by atoms with Crippen LogP contribution in [0.4, 0.5) is 5.82 Å². The van der Waals surface area contributed by atoms with Gasteiger partial charge in [0.25, 0.3) is 0 Å². The Hall–Kier alpha value is -0.440. The van der Waals surface area contributed by atoms with Crippen LogP contribution in [0.2, 0.25) is 5.15 Å². The van der Waals surface area contributed by atoms with E-state index in [9.17, 15) is 13.2 Å². The van der Waals surface area contributed by atoms with Crippen LogP contribution < -0.4 is 4.90 Å². The molecule has 0 saturated carbocycles. The first kappa shape index (κ1) is 15.0. The summed E-state index contributed by atoms with van der Waals surface area (Å²) in [6.07, 6.45) is 1.51. The number of amides is 1. The lowest BCUT2D eigenvalue weighted by molar-refractivity contribution is -0.117. The molecule has 19 heavy (non-hydrogen) atoms. The number of aromatic nitrogens is 2. The normalized spacial score (nSPS) is 20.1. The highest BCUT2D eigenvalue weighted by Gasteiger charge is 2.34. The smallest absolute Gasteiger partial charge is 0.232 e. The summed E-state index contributed by atoms with van der Waals surface area (Å²) in [5, 5.41) is 0.138. The fourth-order valence-corrected chi connectivity index (χ4v) is 3.52. The maximum absolute atomic E-state index is 11.8. The summed E-state index contributed by atoms with van der Waals surface area (Å²) >= 11 is 8.91. The molecule has 1 unspecified atom stereocenters. The van der Waals surface area contributed by atoms with Gasteiger partial charge in [0.2, 0.25) is 15.0 Å². The van der Waals surface area contributed by atoms with Gasteiger partial charge < -0.3 is 0 Å². The van der Waals surface area contributed by atoms with Crippen LogP contribution in [0.15, 0.2) is 10.8 Å². The molecule has 2 heterocycles. The lowest BCUT2D eigenvalue weighted by Crippen LogP contribution is -2.26. The minimum atomic E-state index is -3.63. The van der Waals surface area contributed by atoms with Crippen LogP contribution >= 0.6 is 38.2 Å². The predicted molar refractivity (Wildman–Crippen MR) is 74.8 cm³/mol. The van der Waals surface area contributed by atoms with E-state index in [-0.39, 0.29) is 35.7 Å². The zero-order valence-electron chi connectivity index (χ0n) is 9.38. The van der Waals surface area contributed by atoms with E-state index >= 15 is 0 Å². The molecule has 0 aromatic carbocycles. The minimum absolute atomic E-state index is 0.112. The molecule has 0 radical (unpaired) electrons. The molecule has 6 nitrogen and oxygen atoms in total. The Bertz CT molecular complexity index is 625. The zero-order chi connectivity index (χ0) is 14.2. The summed E-state index contributed by atoms with van der Waals surface area (Å²) in [6.45, 7) is 0.234. The minimum Gasteiger partial charge on any atom is -0.295 e. The monoisotopic (exact) mass is 387 g/mol. The van der Waals surface area contributed by atoms with E-state index in [2.05, 4.69) is 25.9 Å². The van der Waals surface area contributed by atoms with E-state index in [0.717, 1.165) is 0 Å². The van der Waals surface area contributed by atoms with Crippen molar-refractivity contribution >= 4 is 59.0 Å². The van der Waals surface area contributed by atoms with Crippen LogP contribution in [0.25, 0.3) is 0 Å². The zero-order valence-corrected chi connectivity index (χ0v) is 13.3. The quantitative estimate of drug-likeness (QED) is 0.737. The van der Waals surface area contributed by atoms with Gasteiger partial charge in [-0.2, -0.15) is 0 Å². The molecule has 10 heteroatoms.